The van der Waals surface area contributed by atoms with Crippen molar-refractivity contribution < 1.29 is 22.7 Å². The maximum absolute atomic E-state index is 12.7. The summed E-state index contributed by atoms with van der Waals surface area (Å²) in [4.78, 5) is 12.8. The molecule has 31 heavy (non-hydrogen) atoms. The Morgan fingerprint density at radius 1 is 1.13 bits per heavy atom. The average Bonchev–Trinajstić information content (AvgIpc) is 3.43. The summed E-state index contributed by atoms with van der Waals surface area (Å²) in [7, 11) is -3.54. The smallest absolute Gasteiger partial charge is 0.225 e. The molecule has 1 aliphatic carbocycles. The summed E-state index contributed by atoms with van der Waals surface area (Å²) in [6, 6.07) is 10.3. The van der Waals surface area contributed by atoms with Crippen molar-refractivity contribution in [3.8, 4) is 5.75 Å². The van der Waals surface area contributed by atoms with Crippen molar-refractivity contribution in [3.05, 3.63) is 52.5 Å². The van der Waals surface area contributed by atoms with Gasteiger partial charge in [-0.15, -0.1) is 0 Å². The molecule has 1 saturated heterocycles. The summed E-state index contributed by atoms with van der Waals surface area (Å²) in [6.45, 7) is 1.12. The van der Waals surface area contributed by atoms with E-state index in [0.717, 1.165) is 44.3 Å². The Hall–Kier alpha value is -2.09. The lowest BCUT2D eigenvalue weighted by Crippen LogP contribution is -2.19. The fraction of sp³-hybridized carbons (Fsp3) is 0.435. The van der Waals surface area contributed by atoms with E-state index in [4.69, 9.17) is 21.1 Å². The van der Waals surface area contributed by atoms with Gasteiger partial charge in [-0.25, -0.2) is 8.42 Å². The van der Waals surface area contributed by atoms with Crippen LogP contribution in [0.1, 0.15) is 36.8 Å². The first kappa shape index (κ1) is 22.1. The van der Waals surface area contributed by atoms with Crippen LogP contribution in [0.2, 0.25) is 5.02 Å². The summed E-state index contributed by atoms with van der Waals surface area (Å²) in [5.41, 5.74) is 2.73. The van der Waals surface area contributed by atoms with Crippen LogP contribution in [-0.2, 0) is 32.2 Å². The maximum atomic E-state index is 12.7. The van der Waals surface area contributed by atoms with Crippen molar-refractivity contribution in [2.75, 3.05) is 24.3 Å². The zero-order valence-corrected chi connectivity index (χ0v) is 18.8. The molecular formula is C23H26ClNO5S. The first-order valence-electron chi connectivity index (χ1n) is 10.6. The quantitative estimate of drug-likeness (QED) is 0.634. The minimum absolute atomic E-state index is 0.0386. The van der Waals surface area contributed by atoms with Crippen molar-refractivity contribution in [2.45, 2.75) is 49.5 Å². The SMILES string of the molecule is O=C(CCS(=O)(=O)c1ccc2c(c1)CCC2)Nc1cc(Cl)ccc1OCC1CCCO1. The second kappa shape index (κ2) is 9.59. The Balaban J connectivity index is 1.37. The van der Waals surface area contributed by atoms with Gasteiger partial charge < -0.3 is 14.8 Å². The van der Waals surface area contributed by atoms with E-state index in [1.54, 1.807) is 30.3 Å². The molecule has 2 aromatic carbocycles. The number of fused-ring (bicyclic) bond motifs is 1. The third-order valence-corrected chi connectivity index (χ3v) is 7.64. The van der Waals surface area contributed by atoms with Crippen LogP contribution in [0.3, 0.4) is 0 Å². The van der Waals surface area contributed by atoms with Gasteiger partial charge in [-0.05, 0) is 73.6 Å². The zero-order valence-electron chi connectivity index (χ0n) is 17.2. The number of carbonyl (C=O) groups is 1. The van der Waals surface area contributed by atoms with Crippen molar-refractivity contribution in [3.63, 3.8) is 0 Å². The highest BCUT2D eigenvalue weighted by Crippen LogP contribution is 2.29. The fourth-order valence-corrected chi connectivity index (χ4v) is 5.44. The van der Waals surface area contributed by atoms with Crippen LogP contribution in [0.25, 0.3) is 0 Å². The van der Waals surface area contributed by atoms with Crippen LogP contribution in [0.15, 0.2) is 41.3 Å². The molecule has 1 amide bonds. The van der Waals surface area contributed by atoms with Crippen molar-refractivity contribution in [1.29, 1.82) is 0 Å². The normalized spacial score (nSPS) is 18.0. The van der Waals surface area contributed by atoms with Crippen molar-refractivity contribution in [1.82, 2.24) is 0 Å². The van der Waals surface area contributed by atoms with E-state index >= 15 is 0 Å². The molecule has 166 valence electrons. The predicted molar refractivity (Wildman–Crippen MR) is 120 cm³/mol. The van der Waals surface area contributed by atoms with Gasteiger partial charge in [0.25, 0.3) is 0 Å². The fourth-order valence-electron chi connectivity index (χ4n) is 3.98. The van der Waals surface area contributed by atoms with Gasteiger partial charge >= 0.3 is 0 Å². The number of sulfone groups is 1. The van der Waals surface area contributed by atoms with E-state index in [-0.39, 0.29) is 23.2 Å². The number of hydrogen-bond acceptors (Lipinski definition) is 5. The second-order valence-electron chi connectivity index (χ2n) is 7.99. The molecule has 2 aromatic rings. The summed E-state index contributed by atoms with van der Waals surface area (Å²) in [5, 5.41) is 3.19. The van der Waals surface area contributed by atoms with Crippen LogP contribution in [0.5, 0.6) is 5.75 Å². The van der Waals surface area contributed by atoms with Gasteiger partial charge in [0.1, 0.15) is 12.4 Å². The summed E-state index contributed by atoms with van der Waals surface area (Å²) in [6.07, 6.45) is 4.79. The molecule has 0 saturated carbocycles. The topological polar surface area (TPSA) is 81.7 Å². The molecule has 1 atom stereocenters. The van der Waals surface area contributed by atoms with Crippen LogP contribution in [-0.4, -0.2) is 39.4 Å². The number of halogens is 1. The molecular weight excluding hydrogens is 438 g/mol. The van der Waals surface area contributed by atoms with E-state index in [1.165, 1.54) is 5.56 Å². The van der Waals surface area contributed by atoms with Gasteiger partial charge in [-0.2, -0.15) is 0 Å². The number of rotatable bonds is 8. The molecule has 6 nitrogen and oxygen atoms in total. The Bertz CT molecular complexity index is 1060. The van der Waals surface area contributed by atoms with Crippen molar-refractivity contribution >= 4 is 33.0 Å². The van der Waals surface area contributed by atoms with Gasteiger partial charge in [0.15, 0.2) is 9.84 Å². The Kier molecular flexibility index (Phi) is 6.84. The lowest BCUT2D eigenvalue weighted by Gasteiger charge is -2.15. The predicted octanol–water partition coefficient (Wildman–Crippen LogP) is 4.19. The number of nitrogens with one attached hydrogen (secondary N) is 1. The third-order valence-electron chi connectivity index (χ3n) is 5.69. The Labute approximate surface area is 187 Å². The molecule has 4 rings (SSSR count). The molecule has 8 heteroatoms. The summed E-state index contributed by atoms with van der Waals surface area (Å²) < 4.78 is 36.8. The Morgan fingerprint density at radius 3 is 2.77 bits per heavy atom. The van der Waals surface area contributed by atoms with E-state index in [2.05, 4.69) is 5.32 Å². The maximum Gasteiger partial charge on any atom is 0.225 e. The minimum Gasteiger partial charge on any atom is -0.489 e. The lowest BCUT2D eigenvalue weighted by molar-refractivity contribution is -0.115. The van der Waals surface area contributed by atoms with E-state index in [9.17, 15) is 13.2 Å². The van der Waals surface area contributed by atoms with Gasteiger partial charge in [0.05, 0.1) is 22.4 Å². The highest BCUT2D eigenvalue weighted by molar-refractivity contribution is 7.91. The standard InChI is InChI=1S/C23H26ClNO5S/c24-18-7-9-22(30-15-19-5-2-11-29-19)21(14-18)25-23(26)10-12-31(27,28)20-8-6-16-3-1-4-17(16)13-20/h6-9,13-14,19H,1-5,10-12,15H2,(H,25,26). The number of hydrogen-bond donors (Lipinski definition) is 1. The van der Waals surface area contributed by atoms with E-state index in [0.29, 0.717) is 23.1 Å². The highest BCUT2D eigenvalue weighted by atomic mass is 35.5. The number of carbonyl (C=O) groups excluding carboxylic acids is 1. The summed E-state index contributed by atoms with van der Waals surface area (Å²) >= 11 is 6.08. The third kappa shape index (κ3) is 5.59. The molecule has 0 aromatic heterocycles. The van der Waals surface area contributed by atoms with Gasteiger partial charge in [0, 0.05) is 18.1 Å². The molecule has 0 bridgehead atoms. The van der Waals surface area contributed by atoms with E-state index < -0.39 is 15.7 Å². The molecule has 0 spiro atoms. The molecule has 1 aliphatic heterocycles. The number of aryl methyl sites for hydroxylation is 2. The van der Waals surface area contributed by atoms with Gasteiger partial charge in [0.2, 0.25) is 5.91 Å². The number of anilines is 1. The van der Waals surface area contributed by atoms with Crippen LogP contribution in [0.4, 0.5) is 5.69 Å². The molecule has 1 unspecified atom stereocenters. The molecule has 1 heterocycles. The molecule has 2 aliphatic rings. The average molecular weight is 464 g/mol. The lowest BCUT2D eigenvalue weighted by atomic mass is 10.1. The number of ether oxygens (including phenoxy) is 2. The van der Waals surface area contributed by atoms with Crippen LogP contribution < -0.4 is 10.1 Å². The summed E-state index contributed by atoms with van der Waals surface area (Å²) in [5.74, 6) is -0.187. The van der Waals surface area contributed by atoms with Gasteiger partial charge in [-0.3, -0.25) is 4.79 Å². The number of amides is 1. The first-order valence-corrected chi connectivity index (χ1v) is 12.6. The zero-order chi connectivity index (χ0) is 21.8. The van der Waals surface area contributed by atoms with E-state index in [1.807, 2.05) is 6.07 Å². The van der Waals surface area contributed by atoms with Crippen molar-refractivity contribution in [2.24, 2.45) is 0 Å². The largest absolute Gasteiger partial charge is 0.489 e. The molecule has 1 N–H and O–H groups in total. The van der Waals surface area contributed by atoms with Crippen LogP contribution >= 0.6 is 11.6 Å². The molecule has 0 radical (unpaired) electrons. The monoisotopic (exact) mass is 463 g/mol. The first-order chi connectivity index (χ1) is 14.9. The molecule has 1 fully saturated rings. The van der Waals surface area contributed by atoms with Crippen LogP contribution in [0, 0.1) is 0 Å². The van der Waals surface area contributed by atoms with Gasteiger partial charge in [-0.1, -0.05) is 17.7 Å². The second-order valence-corrected chi connectivity index (χ2v) is 10.5. The highest BCUT2D eigenvalue weighted by Gasteiger charge is 2.21. The minimum atomic E-state index is -3.54. The number of benzene rings is 2. The Morgan fingerprint density at radius 2 is 1.97 bits per heavy atom.